The number of Topliss-reactive ketones (excluding diaryl/α,β-unsaturated/α-hetero) is 1. The molecule has 0 bridgehead atoms. The first-order chi connectivity index (χ1) is 10.5. The third kappa shape index (κ3) is 3.04. The molecule has 1 heterocycles. The van der Waals surface area contributed by atoms with Gasteiger partial charge in [0.25, 0.3) is 5.91 Å². The topological polar surface area (TPSA) is 60.9 Å². The Morgan fingerprint density at radius 3 is 2.45 bits per heavy atom. The van der Waals surface area contributed by atoms with E-state index in [4.69, 9.17) is 0 Å². The Kier molecular flexibility index (Phi) is 4.98. The van der Waals surface area contributed by atoms with Crippen LogP contribution in [0, 0.1) is 0 Å². The van der Waals surface area contributed by atoms with Crippen LogP contribution in [0.4, 0.5) is 0 Å². The molecule has 118 valence electrons. The monoisotopic (exact) mass is 302 g/mol. The molecule has 5 heteroatoms. The third-order valence-electron chi connectivity index (χ3n) is 3.83. The van der Waals surface area contributed by atoms with Gasteiger partial charge in [0.15, 0.2) is 11.5 Å². The van der Waals surface area contributed by atoms with Crippen LogP contribution < -0.4 is 0 Å². The van der Waals surface area contributed by atoms with Crippen molar-refractivity contribution >= 4 is 11.7 Å². The van der Waals surface area contributed by atoms with Crippen LogP contribution >= 0.6 is 0 Å². The molecule has 0 fully saturated rings. The number of hydrogen-bond acceptors (Lipinski definition) is 4. The Labute approximate surface area is 130 Å². The first-order valence-electron chi connectivity index (χ1n) is 7.44. The maximum absolute atomic E-state index is 12.4. The van der Waals surface area contributed by atoms with Crippen molar-refractivity contribution in [2.45, 2.75) is 19.4 Å². The van der Waals surface area contributed by atoms with E-state index >= 15 is 0 Å². The lowest BCUT2D eigenvalue weighted by Gasteiger charge is -2.27. The van der Waals surface area contributed by atoms with Gasteiger partial charge in [-0.3, -0.25) is 9.59 Å². The molecule has 0 saturated carbocycles. The molecule has 0 radical (unpaired) electrons. The number of likely N-dealkylation sites (N-methyl/N-ethyl adjacent to an activating group) is 1. The van der Waals surface area contributed by atoms with E-state index in [1.165, 1.54) is 0 Å². The predicted octanol–water partition coefficient (Wildman–Crippen LogP) is 1.92. The minimum absolute atomic E-state index is 0.188. The highest BCUT2D eigenvalue weighted by Crippen LogP contribution is 2.37. The number of carbonyl (C=O) groups excluding carboxylic acids is 2. The summed E-state index contributed by atoms with van der Waals surface area (Å²) in [4.78, 5) is 28.2. The number of benzene rings is 1. The summed E-state index contributed by atoms with van der Waals surface area (Å²) in [6, 6.07) is 8.88. The van der Waals surface area contributed by atoms with Gasteiger partial charge in [-0.1, -0.05) is 37.3 Å². The van der Waals surface area contributed by atoms with E-state index in [1.54, 1.807) is 11.8 Å². The van der Waals surface area contributed by atoms with Crippen LogP contribution in [0.3, 0.4) is 0 Å². The maximum atomic E-state index is 12.4. The van der Waals surface area contributed by atoms with E-state index < -0.39 is 17.7 Å². The average molecular weight is 302 g/mol. The molecule has 1 aliphatic rings. The van der Waals surface area contributed by atoms with Crippen molar-refractivity contribution in [1.29, 1.82) is 0 Å². The van der Waals surface area contributed by atoms with Crippen LogP contribution in [-0.4, -0.2) is 53.8 Å². The molecule has 2 rings (SSSR count). The van der Waals surface area contributed by atoms with E-state index in [2.05, 4.69) is 0 Å². The van der Waals surface area contributed by atoms with Crippen molar-refractivity contribution in [2.75, 3.05) is 27.2 Å². The van der Waals surface area contributed by atoms with Crippen LogP contribution in [0.15, 0.2) is 41.7 Å². The van der Waals surface area contributed by atoms with Crippen molar-refractivity contribution < 1.29 is 14.7 Å². The summed E-state index contributed by atoms with van der Waals surface area (Å²) in [5.41, 5.74) is 1.06. The lowest BCUT2D eigenvalue weighted by atomic mass is 9.95. The van der Waals surface area contributed by atoms with E-state index in [0.717, 1.165) is 5.56 Å². The lowest BCUT2D eigenvalue weighted by molar-refractivity contribution is -0.129. The molecule has 1 aromatic rings. The SMILES string of the molecule is CCC(=O)C1=C(O)C(=O)N(CCN(C)C)C1c1ccccc1. The van der Waals surface area contributed by atoms with E-state index in [-0.39, 0.29) is 17.8 Å². The van der Waals surface area contributed by atoms with Crippen LogP contribution in [0.2, 0.25) is 0 Å². The molecule has 22 heavy (non-hydrogen) atoms. The van der Waals surface area contributed by atoms with Gasteiger partial charge in [-0.2, -0.15) is 0 Å². The number of carbonyl (C=O) groups is 2. The molecule has 0 aromatic heterocycles. The van der Waals surface area contributed by atoms with E-state index in [0.29, 0.717) is 13.1 Å². The summed E-state index contributed by atoms with van der Waals surface area (Å²) in [6.07, 6.45) is 0.261. The highest BCUT2D eigenvalue weighted by Gasteiger charge is 2.42. The minimum Gasteiger partial charge on any atom is -0.503 e. The third-order valence-corrected chi connectivity index (χ3v) is 3.83. The second kappa shape index (κ2) is 6.75. The van der Waals surface area contributed by atoms with Gasteiger partial charge in [0.2, 0.25) is 0 Å². The van der Waals surface area contributed by atoms with Gasteiger partial charge in [-0.05, 0) is 19.7 Å². The normalized spacial score (nSPS) is 18.5. The maximum Gasteiger partial charge on any atom is 0.290 e. The van der Waals surface area contributed by atoms with Crippen molar-refractivity contribution in [2.24, 2.45) is 0 Å². The summed E-state index contributed by atoms with van der Waals surface area (Å²) in [7, 11) is 3.84. The highest BCUT2D eigenvalue weighted by molar-refractivity contribution is 6.08. The Bertz CT molecular complexity index is 593. The first kappa shape index (κ1) is 16.2. The number of hydrogen-bond donors (Lipinski definition) is 1. The molecule has 1 N–H and O–H groups in total. The van der Waals surface area contributed by atoms with Crippen LogP contribution in [0.25, 0.3) is 0 Å². The molecule has 0 spiro atoms. The zero-order chi connectivity index (χ0) is 16.3. The number of nitrogens with zero attached hydrogens (tertiary/aromatic N) is 2. The second-order valence-corrected chi connectivity index (χ2v) is 5.65. The Morgan fingerprint density at radius 2 is 1.91 bits per heavy atom. The molecule has 0 saturated heterocycles. The Balaban J connectivity index is 2.43. The van der Waals surface area contributed by atoms with Gasteiger partial charge in [0, 0.05) is 19.5 Å². The first-order valence-corrected chi connectivity index (χ1v) is 7.44. The number of aliphatic hydroxyl groups excluding tert-OH is 1. The van der Waals surface area contributed by atoms with Crippen molar-refractivity contribution in [3.05, 3.63) is 47.2 Å². The van der Waals surface area contributed by atoms with Gasteiger partial charge in [0.1, 0.15) is 0 Å². The fraction of sp³-hybridized carbons (Fsp3) is 0.412. The number of ketones is 1. The van der Waals surface area contributed by atoms with Gasteiger partial charge < -0.3 is 14.9 Å². The number of rotatable bonds is 6. The summed E-state index contributed by atoms with van der Waals surface area (Å²) >= 11 is 0. The summed E-state index contributed by atoms with van der Waals surface area (Å²) < 4.78 is 0. The van der Waals surface area contributed by atoms with Crippen LogP contribution in [-0.2, 0) is 9.59 Å². The van der Waals surface area contributed by atoms with Crippen molar-refractivity contribution in [3.8, 4) is 0 Å². The van der Waals surface area contributed by atoms with Crippen molar-refractivity contribution in [3.63, 3.8) is 0 Å². The zero-order valence-electron chi connectivity index (χ0n) is 13.2. The van der Waals surface area contributed by atoms with Crippen LogP contribution in [0.5, 0.6) is 0 Å². The standard InChI is InChI=1S/C17H22N2O3/c1-4-13(20)14-15(12-8-6-5-7-9-12)19(11-10-18(2)3)17(22)16(14)21/h5-9,15,21H,4,10-11H2,1-3H3. The van der Waals surface area contributed by atoms with Gasteiger partial charge in [-0.25, -0.2) is 0 Å². The van der Waals surface area contributed by atoms with Gasteiger partial charge >= 0.3 is 0 Å². The van der Waals surface area contributed by atoms with Crippen molar-refractivity contribution in [1.82, 2.24) is 9.80 Å². The second-order valence-electron chi connectivity index (χ2n) is 5.65. The summed E-state index contributed by atoms with van der Waals surface area (Å²) in [5.74, 6) is -1.06. The van der Waals surface area contributed by atoms with Crippen LogP contribution in [0.1, 0.15) is 24.9 Å². The molecular weight excluding hydrogens is 280 g/mol. The molecule has 1 unspecified atom stereocenters. The van der Waals surface area contributed by atoms with Gasteiger partial charge in [0.05, 0.1) is 11.6 Å². The average Bonchev–Trinajstić information content (AvgIpc) is 2.77. The smallest absolute Gasteiger partial charge is 0.290 e. The Hall–Kier alpha value is -2.14. The molecule has 1 amide bonds. The Morgan fingerprint density at radius 1 is 1.27 bits per heavy atom. The summed E-state index contributed by atoms with van der Waals surface area (Å²) in [6.45, 7) is 2.85. The van der Waals surface area contributed by atoms with E-state index in [1.807, 2.05) is 49.3 Å². The number of aliphatic hydroxyl groups is 1. The molecule has 1 aliphatic heterocycles. The molecule has 5 nitrogen and oxygen atoms in total. The molecular formula is C17H22N2O3. The fourth-order valence-electron chi connectivity index (χ4n) is 2.65. The van der Waals surface area contributed by atoms with Gasteiger partial charge in [-0.15, -0.1) is 0 Å². The highest BCUT2D eigenvalue weighted by atomic mass is 16.3. The molecule has 1 aromatic carbocycles. The minimum atomic E-state index is -0.499. The fourth-order valence-corrected chi connectivity index (χ4v) is 2.65. The quantitative estimate of drug-likeness (QED) is 0.872. The summed E-state index contributed by atoms with van der Waals surface area (Å²) in [5, 5.41) is 10.2. The zero-order valence-corrected chi connectivity index (χ0v) is 13.2. The molecule has 0 aliphatic carbocycles. The number of amides is 1. The molecule has 1 atom stereocenters. The largest absolute Gasteiger partial charge is 0.503 e. The lowest BCUT2D eigenvalue weighted by Crippen LogP contribution is -2.36. The predicted molar refractivity (Wildman–Crippen MR) is 84.4 cm³/mol. The van der Waals surface area contributed by atoms with E-state index in [9.17, 15) is 14.7 Å².